The van der Waals surface area contributed by atoms with Gasteiger partial charge in [-0.05, 0) is 91.0 Å². The molecule has 2 saturated carbocycles. The molecule has 2 aromatic heterocycles. The van der Waals surface area contributed by atoms with Crippen LogP contribution in [-0.2, 0) is 20.0 Å². The van der Waals surface area contributed by atoms with Crippen molar-refractivity contribution in [1.29, 1.82) is 0 Å². The van der Waals surface area contributed by atoms with E-state index in [0.717, 1.165) is 56.3 Å². The number of nitrogens with zero attached hydrogens (tertiary/aromatic N) is 6. The molecular formula is C36H42Cl2F2N8O6S2. The third kappa shape index (κ3) is 9.59. The summed E-state index contributed by atoms with van der Waals surface area (Å²) in [4.78, 5) is 19.1. The zero-order valence-corrected chi connectivity index (χ0v) is 34.1. The van der Waals surface area contributed by atoms with Gasteiger partial charge in [0.15, 0.2) is 0 Å². The molecule has 2 aliphatic rings. The van der Waals surface area contributed by atoms with Crippen LogP contribution in [0.5, 0.6) is 11.5 Å². The van der Waals surface area contributed by atoms with Crippen LogP contribution in [-0.4, -0.2) is 99.1 Å². The van der Waals surface area contributed by atoms with Gasteiger partial charge in [0, 0.05) is 42.5 Å². The predicted molar refractivity (Wildman–Crippen MR) is 207 cm³/mol. The average molecular weight is 856 g/mol. The summed E-state index contributed by atoms with van der Waals surface area (Å²) >= 11 is 12.9. The van der Waals surface area contributed by atoms with E-state index in [1.165, 1.54) is 24.5 Å². The standard InChI is InChI=1S/C36H42Cl2F2N8O6S2/c1-47(2)26-7-5-6-8-28(26)53-30-18-25(40)33(17-22(30)37)56(51,52)46-35-12-14-42-36(44-35)21-9-10-29(27(15-21)48(3)4)54-31-19-24(39)32(16-23(31)38)55(49,50)45-34-11-13-41-20-43-34/h11-14,16-21,26-29H,5-10,15H2,1-4H3,(H,41,43,45)(H,42,44,46)/t21?,26-,27?,28-,29+/m0/s1. The van der Waals surface area contributed by atoms with Crippen molar-refractivity contribution in [1.82, 2.24) is 29.7 Å². The second kappa shape index (κ2) is 17.3. The number of aromatic nitrogens is 4. The third-order valence-electron chi connectivity index (χ3n) is 9.96. The molecule has 4 aromatic rings. The molecule has 0 radical (unpaired) electrons. The molecule has 2 N–H and O–H groups in total. The number of rotatable bonds is 13. The largest absolute Gasteiger partial charge is 0.487 e. The van der Waals surface area contributed by atoms with E-state index in [0.29, 0.717) is 25.1 Å². The summed E-state index contributed by atoms with van der Waals surface area (Å²) in [6.07, 6.45) is 8.29. The molecule has 6 rings (SSSR count). The number of benzene rings is 2. The van der Waals surface area contributed by atoms with Gasteiger partial charge in [0.25, 0.3) is 20.0 Å². The molecule has 56 heavy (non-hydrogen) atoms. The van der Waals surface area contributed by atoms with Crippen LogP contribution in [0.4, 0.5) is 20.4 Å². The highest BCUT2D eigenvalue weighted by Crippen LogP contribution is 2.39. The smallest absolute Gasteiger partial charge is 0.266 e. The topological polar surface area (TPSA) is 169 Å². The van der Waals surface area contributed by atoms with Gasteiger partial charge in [-0.2, -0.15) is 0 Å². The van der Waals surface area contributed by atoms with E-state index in [1.54, 1.807) is 0 Å². The number of nitrogens with one attached hydrogen (secondary N) is 2. The number of hydrogen-bond donors (Lipinski definition) is 2. The van der Waals surface area contributed by atoms with Crippen LogP contribution in [0.25, 0.3) is 0 Å². The Bertz CT molecular complexity index is 2260. The van der Waals surface area contributed by atoms with Gasteiger partial charge in [0.05, 0.1) is 10.0 Å². The maximum absolute atomic E-state index is 15.4. The van der Waals surface area contributed by atoms with Crippen molar-refractivity contribution in [3.05, 3.63) is 82.6 Å². The van der Waals surface area contributed by atoms with Crippen molar-refractivity contribution >= 4 is 54.9 Å². The lowest BCUT2D eigenvalue weighted by atomic mass is 9.82. The van der Waals surface area contributed by atoms with Gasteiger partial charge >= 0.3 is 0 Å². The van der Waals surface area contributed by atoms with E-state index in [2.05, 4.69) is 34.3 Å². The summed E-state index contributed by atoms with van der Waals surface area (Å²) in [5.74, 6) is -2.05. The minimum absolute atomic E-state index is 0.0347. The molecule has 0 spiro atoms. The Labute approximate surface area is 335 Å². The van der Waals surface area contributed by atoms with E-state index < -0.39 is 47.6 Å². The summed E-state index contributed by atoms with van der Waals surface area (Å²) < 4.78 is 100. The van der Waals surface area contributed by atoms with Crippen LogP contribution in [0.2, 0.25) is 10.0 Å². The molecule has 0 saturated heterocycles. The summed E-state index contributed by atoms with van der Waals surface area (Å²) in [6, 6.07) is 6.48. The molecule has 2 aromatic carbocycles. The summed E-state index contributed by atoms with van der Waals surface area (Å²) in [5.41, 5.74) is 0. The highest BCUT2D eigenvalue weighted by Gasteiger charge is 2.37. The first-order valence-electron chi connectivity index (χ1n) is 17.8. The Kier molecular flexibility index (Phi) is 12.9. The van der Waals surface area contributed by atoms with Crippen LogP contribution in [0.3, 0.4) is 0 Å². The highest BCUT2D eigenvalue weighted by atomic mass is 35.5. The minimum Gasteiger partial charge on any atom is -0.487 e. The Balaban J connectivity index is 1.13. The van der Waals surface area contributed by atoms with Crippen LogP contribution in [0.15, 0.2) is 64.9 Å². The number of halogens is 4. The van der Waals surface area contributed by atoms with Crippen molar-refractivity contribution in [3.63, 3.8) is 0 Å². The van der Waals surface area contributed by atoms with Crippen LogP contribution in [0, 0.1) is 11.6 Å². The molecule has 5 atom stereocenters. The molecule has 14 nitrogen and oxygen atoms in total. The van der Waals surface area contributed by atoms with E-state index in [4.69, 9.17) is 32.7 Å². The zero-order chi connectivity index (χ0) is 40.4. The lowest BCUT2D eigenvalue weighted by molar-refractivity contribution is 0.0533. The first kappa shape index (κ1) is 41.7. The Morgan fingerprint density at radius 1 is 0.714 bits per heavy atom. The molecule has 0 bridgehead atoms. The third-order valence-corrected chi connectivity index (χ3v) is 13.3. The number of likely N-dealkylation sites (N-methyl/N-ethyl adjacent to an activating group) is 2. The fraction of sp³-hybridized carbons (Fsp3) is 0.444. The van der Waals surface area contributed by atoms with Crippen molar-refractivity contribution in [2.75, 3.05) is 37.6 Å². The van der Waals surface area contributed by atoms with Gasteiger partial charge < -0.3 is 19.3 Å². The summed E-state index contributed by atoms with van der Waals surface area (Å²) in [6.45, 7) is 0. The summed E-state index contributed by atoms with van der Waals surface area (Å²) in [5, 5.41) is -0.146. The van der Waals surface area contributed by atoms with Gasteiger partial charge in [-0.25, -0.2) is 45.6 Å². The van der Waals surface area contributed by atoms with Gasteiger partial charge in [-0.1, -0.05) is 29.6 Å². The Hall–Kier alpha value is -3.94. The van der Waals surface area contributed by atoms with Gasteiger partial charge in [-0.3, -0.25) is 9.44 Å². The van der Waals surface area contributed by atoms with Crippen molar-refractivity contribution < 1.29 is 35.1 Å². The number of ether oxygens (including phenoxy) is 2. The fourth-order valence-corrected chi connectivity index (χ4v) is 9.87. The lowest BCUT2D eigenvalue weighted by Crippen LogP contribution is -2.46. The Morgan fingerprint density at radius 3 is 1.84 bits per heavy atom. The van der Waals surface area contributed by atoms with E-state index in [1.807, 2.05) is 33.1 Å². The molecule has 302 valence electrons. The first-order chi connectivity index (χ1) is 26.5. The summed E-state index contributed by atoms with van der Waals surface area (Å²) in [7, 11) is -1.25. The second-order valence-electron chi connectivity index (χ2n) is 14.2. The number of sulfonamides is 2. The van der Waals surface area contributed by atoms with Gasteiger partial charge in [-0.15, -0.1) is 0 Å². The first-order valence-corrected chi connectivity index (χ1v) is 21.5. The highest BCUT2D eigenvalue weighted by molar-refractivity contribution is 7.93. The number of hydrogen-bond acceptors (Lipinski definition) is 12. The maximum atomic E-state index is 15.4. The lowest BCUT2D eigenvalue weighted by Gasteiger charge is -2.39. The molecule has 2 unspecified atom stereocenters. The molecular weight excluding hydrogens is 813 g/mol. The molecule has 20 heteroatoms. The molecule has 0 aliphatic heterocycles. The zero-order valence-electron chi connectivity index (χ0n) is 31.0. The Morgan fingerprint density at radius 2 is 1.27 bits per heavy atom. The van der Waals surface area contributed by atoms with Crippen LogP contribution in [0.1, 0.15) is 56.7 Å². The SMILES string of the molecule is CN(C)C1CC(c2nccc(NS(=O)(=O)c3cc(Cl)c(O[C@H]4CCCC[C@@H]4N(C)C)cc3F)n2)CC[C@H]1Oc1cc(F)c(S(=O)(=O)Nc2ccncn2)cc1Cl. The normalized spacial score (nSPS) is 21.9. The van der Waals surface area contributed by atoms with Crippen molar-refractivity contribution in [3.8, 4) is 11.5 Å². The molecule has 0 amide bonds. The number of anilines is 2. The minimum atomic E-state index is -4.47. The maximum Gasteiger partial charge on any atom is 0.266 e. The average Bonchev–Trinajstić information content (AvgIpc) is 3.14. The van der Waals surface area contributed by atoms with E-state index in [-0.39, 0.29) is 57.3 Å². The molecule has 2 aliphatic carbocycles. The van der Waals surface area contributed by atoms with Crippen molar-refractivity contribution in [2.24, 2.45) is 0 Å². The predicted octanol–water partition coefficient (Wildman–Crippen LogP) is 6.35. The van der Waals surface area contributed by atoms with Gasteiger partial charge in [0.1, 0.15) is 68.9 Å². The second-order valence-corrected chi connectivity index (χ2v) is 18.3. The molecule has 2 heterocycles. The quantitative estimate of drug-likeness (QED) is 0.153. The fourth-order valence-electron chi connectivity index (χ4n) is 7.14. The van der Waals surface area contributed by atoms with Crippen LogP contribution < -0.4 is 18.9 Å². The van der Waals surface area contributed by atoms with Crippen LogP contribution >= 0.6 is 23.2 Å². The molecule has 2 fully saturated rings. The monoisotopic (exact) mass is 854 g/mol. The van der Waals surface area contributed by atoms with Gasteiger partial charge in [0.2, 0.25) is 0 Å². The van der Waals surface area contributed by atoms with E-state index >= 15 is 8.78 Å². The van der Waals surface area contributed by atoms with E-state index in [9.17, 15) is 16.8 Å². The van der Waals surface area contributed by atoms with Crippen molar-refractivity contribution in [2.45, 2.75) is 84.9 Å².